The molecule has 0 bridgehead atoms. The Labute approximate surface area is 101 Å². The molecular formula is C14H17N3. The molecule has 1 fully saturated rings. The lowest BCUT2D eigenvalue weighted by Crippen LogP contribution is -2.29. The summed E-state index contributed by atoms with van der Waals surface area (Å²) in [5.41, 5.74) is 8.82. The van der Waals surface area contributed by atoms with Crippen molar-refractivity contribution in [2.45, 2.75) is 19.3 Å². The smallest absolute Gasteiger partial charge is 0.0705 e. The Balaban J connectivity index is 1.99. The molecule has 0 unspecified atom stereocenters. The fourth-order valence-corrected chi connectivity index (χ4v) is 2.48. The van der Waals surface area contributed by atoms with Crippen LogP contribution in [-0.2, 0) is 0 Å². The van der Waals surface area contributed by atoms with E-state index in [-0.39, 0.29) is 0 Å². The van der Waals surface area contributed by atoms with E-state index in [4.69, 9.17) is 5.73 Å². The average molecular weight is 227 g/mol. The number of piperidine rings is 1. The van der Waals surface area contributed by atoms with Crippen LogP contribution < -0.4 is 10.6 Å². The number of benzene rings is 1. The number of aromatic nitrogens is 1. The third kappa shape index (κ3) is 2.05. The lowest BCUT2D eigenvalue weighted by molar-refractivity contribution is 0.578. The van der Waals surface area contributed by atoms with Gasteiger partial charge in [-0.3, -0.25) is 4.98 Å². The first-order valence-corrected chi connectivity index (χ1v) is 6.23. The maximum absolute atomic E-state index is 5.78. The highest BCUT2D eigenvalue weighted by molar-refractivity contribution is 5.84. The molecule has 0 radical (unpaired) electrons. The highest BCUT2D eigenvalue weighted by atomic mass is 15.1. The van der Waals surface area contributed by atoms with Crippen LogP contribution in [0.15, 0.2) is 30.5 Å². The fourth-order valence-electron chi connectivity index (χ4n) is 2.48. The zero-order valence-electron chi connectivity index (χ0n) is 9.89. The van der Waals surface area contributed by atoms with Crippen LogP contribution in [0.1, 0.15) is 19.3 Å². The van der Waals surface area contributed by atoms with E-state index in [0.29, 0.717) is 0 Å². The minimum atomic E-state index is 0.730. The van der Waals surface area contributed by atoms with Gasteiger partial charge in [-0.05, 0) is 43.5 Å². The molecule has 3 nitrogen and oxygen atoms in total. The lowest BCUT2D eigenvalue weighted by Gasteiger charge is -2.28. The first kappa shape index (κ1) is 10.4. The van der Waals surface area contributed by atoms with Gasteiger partial charge in [0, 0.05) is 24.2 Å². The second kappa shape index (κ2) is 4.24. The van der Waals surface area contributed by atoms with E-state index < -0.39 is 0 Å². The Morgan fingerprint density at radius 3 is 2.71 bits per heavy atom. The van der Waals surface area contributed by atoms with Crippen molar-refractivity contribution >= 4 is 22.3 Å². The van der Waals surface area contributed by atoms with Crippen LogP contribution in [0.5, 0.6) is 0 Å². The highest BCUT2D eigenvalue weighted by Gasteiger charge is 2.11. The summed E-state index contributed by atoms with van der Waals surface area (Å²) in [6.07, 6.45) is 5.67. The molecule has 1 aromatic heterocycles. The van der Waals surface area contributed by atoms with Crippen LogP contribution in [0.4, 0.5) is 11.4 Å². The predicted molar refractivity (Wildman–Crippen MR) is 72.2 cm³/mol. The number of anilines is 2. The van der Waals surface area contributed by atoms with E-state index in [0.717, 1.165) is 16.6 Å². The first-order chi connectivity index (χ1) is 8.33. The summed E-state index contributed by atoms with van der Waals surface area (Å²) in [4.78, 5) is 6.77. The molecule has 1 saturated heterocycles. The molecule has 0 aliphatic carbocycles. The van der Waals surface area contributed by atoms with Gasteiger partial charge in [-0.15, -0.1) is 0 Å². The normalized spacial score (nSPS) is 16.4. The van der Waals surface area contributed by atoms with Crippen LogP contribution in [0, 0.1) is 0 Å². The van der Waals surface area contributed by atoms with Crippen LogP contribution >= 0.6 is 0 Å². The molecule has 2 N–H and O–H groups in total. The Morgan fingerprint density at radius 1 is 1.06 bits per heavy atom. The lowest BCUT2D eigenvalue weighted by atomic mass is 10.1. The fraction of sp³-hybridized carbons (Fsp3) is 0.357. The summed E-state index contributed by atoms with van der Waals surface area (Å²) in [5, 5.41) is 1.13. The van der Waals surface area contributed by atoms with Crippen molar-refractivity contribution in [3.05, 3.63) is 30.5 Å². The summed E-state index contributed by atoms with van der Waals surface area (Å²) < 4.78 is 0. The van der Waals surface area contributed by atoms with Crippen molar-refractivity contribution in [1.82, 2.24) is 4.98 Å². The van der Waals surface area contributed by atoms with Crippen molar-refractivity contribution in [1.29, 1.82) is 0 Å². The monoisotopic (exact) mass is 227 g/mol. The van der Waals surface area contributed by atoms with Crippen molar-refractivity contribution in [3.8, 4) is 0 Å². The van der Waals surface area contributed by atoms with Gasteiger partial charge in [-0.25, -0.2) is 0 Å². The molecule has 3 rings (SSSR count). The Morgan fingerprint density at radius 2 is 1.88 bits per heavy atom. The Bertz CT molecular complexity index is 530. The Hall–Kier alpha value is -1.77. The molecule has 0 saturated carbocycles. The average Bonchev–Trinajstić information content (AvgIpc) is 2.39. The molecule has 0 amide bonds. The van der Waals surface area contributed by atoms with Crippen LogP contribution in [0.3, 0.4) is 0 Å². The summed E-state index contributed by atoms with van der Waals surface area (Å²) >= 11 is 0. The molecule has 17 heavy (non-hydrogen) atoms. The molecule has 88 valence electrons. The number of pyridine rings is 1. The van der Waals surface area contributed by atoms with Crippen molar-refractivity contribution in [2.75, 3.05) is 23.7 Å². The van der Waals surface area contributed by atoms with E-state index in [2.05, 4.69) is 28.1 Å². The minimum Gasteiger partial charge on any atom is -0.397 e. The number of rotatable bonds is 1. The van der Waals surface area contributed by atoms with E-state index >= 15 is 0 Å². The van der Waals surface area contributed by atoms with E-state index in [1.807, 2.05) is 6.07 Å². The highest BCUT2D eigenvalue weighted by Crippen LogP contribution is 2.24. The molecular weight excluding hydrogens is 210 g/mol. The number of nitrogens with zero attached hydrogens (tertiary/aromatic N) is 2. The number of hydrogen-bond donors (Lipinski definition) is 1. The van der Waals surface area contributed by atoms with Crippen LogP contribution in [0.2, 0.25) is 0 Å². The molecule has 0 spiro atoms. The van der Waals surface area contributed by atoms with Gasteiger partial charge in [0.1, 0.15) is 0 Å². The van der Waals surface area contributed by atoms with Crippen molar-refractivity contribution in [3.63, 3.8) is 0 Å². The minimum absolute atomic E-state index is 0.730. The molecule has 2 aromatic rings. The SMILES string of the molecule is Nc1cnc2ccc(N3CCCCC3)cc2c1. The van der Waals surface area contributed by atoms with Gasteiger partial charge in [-0.2, -0.15) is 0 Å². The summed E-state index contributed by atoms with van der Waals surface area (Å²) in [6, 6.07) is 8.44. The largest absolute Gasteiger partial charge is 0.397 e. The first-order valence-electron chi connectivity index (χ1n) is 6.23. The maximum atomic E-state index is 5.78. The van der Waals surface area contributed by atoms with Gasteiger partial charge in [-0.1, -0.05) is 0 Å². The van der Waals surface area contributed by atoms with E-state index in [1.165, 1.54) is 38.0 Å². The third-order valence-corrected chi connectivity index (χ3v) is 3.41. The summed E-state index contributed by atoms with van der Waals surface area (Å²) in [5.74, 6) is 0. The molecule has 3 heteroatoms. The number of fused-ring (bicyclic) bond motifs is 1. The standard InChI is InChI=1S/C14H17N3/c15-12-8-11-9-13(4-5-14(11)16-10-12)17-6-2-1-3-7-17/h4-5,8-10H,1-3,6-7,15H2. The number of nitrogen functional groups attached to an aromatic ring is 1. The topological polar surface area (TPSA) is 42.1 Å². The third-order valence-electron chi connectivity index (χ3n) is 3.41. The van der Waals surface area contributed by atoms with Crippen molar-refractivity contribution in [2.24, 2.45) is 0 Å². The van der Waals surface area contributed by atoms with E-state index in [9.17, 15) is 0 Å². The van der Waals surface area contributed by atoms with E-state index in [1.54, 1.807) is 6.20 Å². The maximum Gasteiger partial charge on any atom is 0.0705 e. The summed E-state index contributed by atoms with van der Waals surface area (Å²) in [6.45, 7) is 2.34. The quantitative estimate of drug-likeness (QED) is 0.814. The van der Waals surface area contributed by atoms with Gasteiger partial charge in [0.15, 0.2) is 0 Å². The zero-order chi connectivity index (χ0) is 11.7. The summed E-state index contributed by atoms with van der Waals surface area (Å²) in [7, 11) is 0. The zero-order valence-corrected chi connectivity index (χ0v) is 9.89. The molecule has 1 aliphatic heterocycles. The molecule has 1 aliphatic rings. The molecule has 0 atom stereocenters. The van der Waals surface area contributed by atoms with Gasteiger partial charge in [0.25, 0.3) is 0 Å². The van der Waals surface area contributed by atoms with Gasteiger partial charge >= 0.3 is 0 Å². The van der Waals surface area contributed by atoms with Crippen LogP contribution in [-0.4, -0.2) is 18.1 Å². The van der Waals surface area contributed by atoms with Gasteiger partial charge in [0.2, 0.25) is 0 Å². The van der Waals surface area contributed by atoms with Gasteiger partial charge < -0.3 is 10.6 Å². The number of hydrogen-bond acceptors (Lipinski definition) is 3. The second-order valence-corrected chi connectivity index (χ2v) is 4.69. The molecule has 1 aromatic carbocycles. The number of nitrogens with two attached hydrogens (primary N) is 1. The van der Waals surface area contributed by atoms with Crippen molar-refractivity contribution < 1.29 is 0 Å². The van der Waals surface area contributed by atoms with Crippen LogP contribution in [0.25, 0.3) is 10.9 Å². The second-order valence-electron chi connectivity index (χ2n) is 4.69. The molecule has 2 heterocycles. The predicted octanol–water partition coefficient (Wildman–Crippen LogP) is 2.81. The van der Waals surface area contributed by atoms with Gasteiger partial charge in [0.05, 0.1) is 17.4 Å². The Kier molecular flexibility index (Phi) is 2.59.